The van der Waals surface area contributed by atoms with Gasteiger partial charge in [0.25, 0.3) is 0 Å². The molecule has 8 nitrogen and oxygen atoms in total. The van der Waals surface area contributed by atoms with Crippen LogP contribution >= 0.6 is 0 Å². The molecule has 0 radical (unpaired) electrons. The maximum absolute atomic E-state index is 13.0. The summed E-state index contributed by atoms with van der Waals surface area (Å²) in [4.78, 5) is 23.0. The molecule has 1 aromatic heterocycles. The molecule has 2 heterocycles. The van der Waals surface area contributed by atoms with Gasteiger partial charge in [-0.1, -0.05) is 6.92 Å². The second-order valence-electron chi connectivity index (χ2n) is 6.11. The Balaban J connectivity index is 2.51. The highest BCUT2D eigenvalue weighted by molar-refractivity contribution is 7.89. The molecule has 134 valence electrons. The Hall–Kier alpha value is -1.87. The number of methoxy groups -OCH3 is 1. The number of aliphatic carboxylic acids is 1. The predicted octanol–water partition coefficient (Wildman–Crippen LogP) is 1.41. The highest BCUT2D eigenvalue weighted by Gasteiger charge is 2.40. The minimum Gasteiger partial charge on any atom is -0.481 e. The number of carboxylic acids is 1. The van der Waals surface area contributed by atoms with E-state index < -0.39 is 27.9 Å². The molecule has 0 aromatic carbocycles. The average Bonchev–Trinajstić information content (AvgIpc) is 2.80. The molecule has 0 bridgehead atoms. The van der Waals surface area contributed by atoms with Gasteiger partial charge >= 0.3 is 11.9 Å². The van der Waals surface area contributed by atoms with Gasteiger partial charge < -0.3 is 14.3 Å². The summed E-state index contributed by atoms with van der Waals surface area (Å²) in [6.07, 6.45) is 0.411. The predicted molar refractivity (Wildman–Crippen MR) is 83.2 cm³/mol. The van der Waals surface area contributed by atoms with Crippen LogP contribution in [0.15, 0.2) is 9.31 Å². The fraction of sp³-hybridized carbons (Fsp3) is 0.600. The first kappa shape index (κ1) is 18.5. The van der Waals surface area contributed by atoms with Crippen molar-refractivity contribution in [1.82, 2.24) is 4.31 Å². The lowest BCUT2D eigenvalue weighted by Gasteiger charge is -2.33. The monoisotopic (exact) mass is 359 g/mol. The fourth-order valence-electron chi connectivity index (χ4n) is 3.12. The molecule has 1 fully saturated rings. The summed E-state index contributed by atoms with van der Waals surface area (Å²) >= 11 is 0. The van der Waals surface area contributed by atoms with Crippen LogP contribution in [-0.4, -0.2) is 50.0 Å². The maximum Gasteiger partial charge on any atom is 0.342 e. The highest BCUT2D eigenvalue weighted by atomic mass is 32.2. The van der Waals surface area contributed by atoms with Gasteiger partial charge in [0.2, 0.25) is 10.0 Å². The second kappa shape index (κ2) is 6.56. The number of hydrogen-bond donors (Lipinski definition) is 1. The summed E-state index contributed by atoms with van der Waals surface area (Å²) in [7, 11) is -2.92. The van der Waals surface area contributed by atoms with Crippen molar-refractivity contribution in [3.8, 4) is 0 Å². The van der Waals surface area contributed by atoms with Crippen molar-refractivity contribution in [3.63, 3.8) is 0 Å². The van der Waals surface area contributed by atoms with E-state index >= 15 is 0 Å². The number of aryl methyl sites for hydroxylation is 2. The molecule has 1 aliphatic rings. The maximum atomic E-state index is 13.0. The normalized spacial score (nSPS) is 22.3. The number of ether oxygens (including phenoxy) is 1. The van der Waals surface area contributed by atoms with Crippen LogP contribution in [0.3, 0.4) is 0 Å². The quantitative estimate of drug-likeness (QED) is 0.808. The van der Waals surface area contributed by atoms with Crippen molar-refractivity contribution in [1.29, 1.82) is 0 Å². The van der Waals surface area contributed by atoms with E-state index in [0.717, 1.165) is 11.4 Å². The number of rotatable bonds is 4. The largest absolute Gasteiger partial charge is 0.481 e. The summed E-state index contributed by atoms with van der Waals surface area (Å²) in [5.41, 5.74) is -0.139. The van der Waals surface area contributed by atoms with Gasteiger partial charge in [0.15, 0.2) is 0 Å². The first-order valence-corrected chi connectivity index (χ1v) is 8.94. The van der Waals surface area contributed by atoms with Crippen LogP contribution in [0, 0.1) is 25.7 Å². The van der Waals surface area contributed by atoms with Crippen LogP contribution in [0.5, 0.6) is 0 Å². The summed E-state index contributed by atoms with van der Waals surface area (Å²) in [5, 5.41) is 9.24. The molecule has 24 heavy (non-hydrogen) atoms. The van der Waals surface area contributed by atoms with Crippen molar-refractivity contribution < 1.29 is 32.3 Å². The Morgan fingerprint density at radius 2 is 1.88 bits per heavy atom. The number of sulfonamides is 1. The zero-order valence-corrected chi connectivity index (χ0v) is 14.8. The van der Waals surface area contributed by atoms with E-state index in [1.54, 1.807) is 6.92 Å². The molecule has 1 aliphatic heterocycles. The van der Waals surface area contributed by atoms with Gasteiger partial charge in [0.05, 0.1) is 13.0 Å². The van der Waals surface area contributed by atoms with Gasteiger partial charge in [0.1, 0.15) is 22.0 Å². The third kappa shape index (κ3) is 3.18. The van der Waals surface area contributed by atoms with Gasteiger partial charge in [-0.2, -0.15) is 4.31 Å². The summed E-state index contributed by atoms with van der Waals surface area (Å²) in [5.74, 6) is -2.49. The van der Waals surface area contributed by atoms with Crippen LogP contribution in [0.4, 0.5) is 0 Å². The number of piperidine rings is 1. The summed E-state index contributed by atoms with van der Waals surface area (Å²) < 4.78 is 37.2. The van der Waals surface area contributed by atoms with Crippen molar-refractivity contribution in [2.45, 2.75) is 32.1 Å². The van der Waals surface area contributed by atoms with E-state index in [9.17, 15) is 23.1 Å². The van der Waals surface area contributed by atoms with E-state index in [4.69, 9.17) is 4.42 Å². The molecule has 0 spiro atoms. The van der Waals surface area contributed by atoms with E-state index in [1.165, 1.54) is 13.8 Å². The zero-order valence-electron chi connectivity index (χ0n) is 14.0. The van der Waals surface area contributed by atoms with Crippen LogP contribution in [-0.2, 0) is 19.6 Å². The van der Waals surface area contributed by atoms with E-state index in [-0.39, 0.29) is 41.0 Å². The fourth-order valence-corrected chi connectivity index (χ4v) is 5.09. The van der Waals surface area contributed by atoms with E-state index in [0.29, 0.717) is 6.42 Å². The van der Waals surface area contributed by atoms with Crippen molar-refractivity contribution in [3.05, 3.63) is 17.1 Å². The minimum atomic E-state index is -4.08. The Kier molecular flexibility index (Phi) is 5.05. The smallest absolute Gasteiger partial charge is 0.342 e. The average molecular weight is 359 g/mol. The molecule has 0 amide bonds. The lowest BCUT2D eigenvalue weighted by molar-refractivity contribution is -0.143. The lowest BCUT2D eigenvalue weighted by atomic mass is 9.92. The van der Waals surface area contributed by atoms with Crippen LogP contribution in [0.1, 0.15) is 35.2 Å². The number of furan rings is 1. The lowest BCUT2D eigenvalue weighted by Crippen LogP contribution is -2.45. The summed E-state index contributed by atoms with van der Waals surface area (Å²) in [6.45, 7) is 4.79. The van der Waals surface area contributed by atoms with Crippen molar-refractivity contribution in [2.24, 2.45) is 11.8 Å². The highest BCUT2D eigenvalue weighted by Crippen LogP contribution is 2.33. The third-order valence-corrected chi connectivity index (χ3v) is 6.15. The standard InChI is InChI=1S/C15H21NO7S/c1-8-5-11(14(17)18)7-16(6-8)24(20,21)13-10(3)23-9(2)12(13)15(19)22-4/h8,11H,5-7H2,1-4H3,(H,17,18). The molecule has 1 saturated heterocycles. The minimum absolute atomic E-state index is 0.0815. The molecule has 2 atom stereocenters. The Morgan fingerprint density at radius 1 is 1.25 bits per heavy atom. The van der Waals surface area contributed by atoms with Gasteiger partial charge in [-0.05, 0) is 26.2 Å². The third-order valence-electron chi connectivity index (χ3n) is 4.17. The molecule has 1 aromatic rings. The second-order valence-corrected chi connectivity index (χ2v) is 7.98. The number of carbonyl (C=O) groups excluding carboxylic acids is 1. The van der Waals surface area contributed by atoms with Gasteiger partial charge in [0, 0.05) is 13.1 Å². The molecule has 2 unspecified atom stereocenters. The first-order chi connectivity index (χ1) is 11.1. The number of nitrogens with zero attached hydrogens (tertiary/aromatic N) is 1. The van der Waals surface area contributed by atoms with Crippen LogP contribution in [0.2, 0.25) is 0 Å². The molecular weight excluding hydrogens is 338 g/mol. The van der Waals surface area contributed by atoms with Crippen LogP contribution in [0.25, 0.3) is 0 Å². The number of hydrogen-bond acceptors (Lipinski definition) is 6. The van der Waals surface area contributed by atoms with E-state index in [1.807, 2.05) is 0 Å². The molecule has 2 rings (SSSR count). The Morgan fingerprint density at radius 3 is 2.42 bits per heavy atom. The van der Waals surface area contributed by atoms with Crippen LogP contribution < -0.4 is 0 Å². The molecule has 9 heteroatoms. The molecule has 0 aliphatic carbocycles. The zero-order chi connectivity index (χ0) is 18.2. The number of carbonyl (C=O) groups is 2. The SMILES string of the molecule is COC(=O)c1c(C)oc(C)c1S(=O)(=O)N1CC(C)CC(C(=O)O)C1. The molecule has 1 N–H and O–H groups in total. The Labute approximate surface area is 140 Å². The molecular formula is C15H21NO7S. The first-order valence-electron chi connectivity index (χ1n) is 7.50. The van der Waals surface area contributed by atoms with E-state index in [2.05, 4.69) is 4.74 Å². The number of carboxylic acid groups (broad SMARTS) is 1. The number of esters is 1. The van der Waals surface area contributed by atoms with Gasteiger partial charge in [-0.3, -0.25) is 4.79 Å². The van der Waals surface area contributed by atoms with Crippen molar-refractivity contribution >= 4 is 22.0 Å². The van der Waals surface area contributed by atoms with Crippen molar-refractivity contribution in [2.75, 3.05) is 20.2 Å². The topological polar surface area (TPSA) is 114 Å². The summed E-state index contributed by atoms with van der Waals surface area (Å²) in [6, 6.07) is 0. The van der Waals surface area contributed by atoms with Gasteiger partial charge in [-0.15, -0.1) is 0 Å². The molecule has 0 saturated carbocycles. The van der Waals surface area contributed by atoms with Gasteiger partial charge in [-0.25, -0.2) is 13.2 Å². The Bertz CT molecular complexity index is 765.